The van der Waals surface area contributed by atoms with E-state index in [0.717, 1.165) is 22.6 Å². The summed E-state index contributed by atoms with van der Waals surface area (Å²) in [7, 11) is 2.95. The highest BCUT2D eigenvalue weighted by molar-refractivity contribution is 7.15. The van der Waals surface area contributed by atoms with Crippen molar-refractivity contribution in [3.8, 4) is 17.0 Å². The maximum atomic E-state index is 12.3. The highest BCUT2D eigenvalue weighted by atomic mass is 32.1. The summed E-state index contributed by atoms with van der Waals surface area (Å²) in [5, 5.41) is 9.02. The minimum absolute atomic E-state index is 0.215. The summed E-state index contributed by atoms with van der Waals surface area (Å²) in [4.78, 5) is 28.8. The van der Waals surface area contributed by atoms with Gasteiger partial charge in [0.05, 0.1) is 25.5 Å². The van der Waals surface area contributed by atoms with E-state index in [-0.39, 0.29) is 11.9 Å². The van der Waals surface area contributed by atoms with Gasteiger partial charge >= 0.3 is 5.97 Å². The molecule has 0 spiro atoms. The van der Waals surface area contributed by atoms with Crippen molar-refractivity contribution in [3.05, 3.63) is 71.1 Å². The lowest BCUT2D eigenvalue weighted by Gasteiger charge is -2.02. The smallest absolute Gasteiger partial charge is 0.337 e. The Labute approximate surface area is 181 Å². The fourth-order valence-electron chi connectivity index (χ4n) is 2.89. The molecule has 0 fully saturated rings. The number of nitrogens with zero attached hydrogens (tertiary/aromatic N) is 3. The Morgan fingerprint density at radius 3 is 2.68 bits per heavy atom. The molecule has 1 amide bonds. The van der Waals surface area contributed by atoms with Gasteiger partial charge in [-0.1, -0.05) is 24.3 Å². The maximum Gasteiger partial charge on any atom is 0.337 e. The molecule has 0 saturated carbocycles. The molecule has 2 aromatic heterocycles. The fourth-order valence-corrected chi connectivity index (χ4v) is 3.72. The number of nitrogens with one attached hydrogen (secondary N) is 1. The van der Waals surface area contributed by atoms with Crippen LogP contribution >= 0.6 is 11.3 Å². The Bertz CT molecular complexity index is 1270. The van der Waals surface area contributed by atoms with Crippen molar-refractivity contribution in [1.82, 2.24) is 14.6 Å². The van der Waals surface area contributed by atoms with E-state index in [4.69, 9.17) is 4.74 Å². The number of methoxy groups -OCH3 is 2. The average molecular weight is 434 g/mol. The third-order valence-electron chi connectivity index (χ3n) is 4.44. The van der Waals surface area contributed by atoms with Crippen molar-refractivity contribution in [2.24, 2.45) is 0 Å². The van der Waals surface area contributed by atoms with Crippen LogP contribution in [0.15, 0.2) is 60.0 Å². The Morgan fingerprint density at radius 1 is 1.13 bits per heavy atom. The number of rotatable bonds is 6. The molecule has 0 atom stereocenters. The van der Waals surface area contributed by atoms with Gasteiger partial charge in [0.15, 0.2) is 0 Å². The predicted molar refractivity (Wildman–Crippen MR) is 118 cm³/mol. The molecule has 4 rings (SSSR count). The van der Waals surface area contributed by atoms with Crippen molar-refractivity contribution in [3.63, 3.8) is 0 Å². The van der Waals surface area contributed by atoms with E-state index in [2.05, 4.69) is 20.1 Å². The molecule has 0 aliphatic rings. The average Bonchev–Trinajstić information content (AvgIpc) is 3.37. The van der Waals surface area contributed by atoms with Crippen LogP contribution in [-0.4, -0.2) is 40.7 Å². The first-order valence-electron chi connectivity index (χ1n) is 9.23. The lowest BCUT2D eigenvalue weighted by atomic mass is 10.1. The largest absolute Gasteiger partial charge is 0.497 e. The zero-order valence-electron chi connectivity index (χ0n) is 16.7. The van der Waals surface area contributed by atoms with Gasteiger partial charge in [0.2, 0.25) is 4.96 Å². The number of thiazole rings is 1. The summed E-state index contributed by atoms with van der Waals surface area (Å²) < 4.78 is 11.6. The Hall–Kier alpha value is -3.98. The van der Waals surface area contributed by atoms with Crippen molar-refractivity contribution in [2.75, 3.05) is 19.5 Å². The molecule has 2 heterocycles. The van der Waals surface area contributed by atoms with Crippen molar-refractivity contribution in [2.45, 2.75) is 0 Å². The topological polar surface area (TPSA) is 94.8 Å². The molecule has 0 aliphatic heterocycles. The number of hydrogen-bond acceptors (Lipinski definition) is 7. The van der Waals surface area contributed by atoms with E-state index in [1.165, 1.54) is 24.5 Å². The molecule has 0 saturated heterocycles. The number of hydrogen-bond donors (Lipinski definition) is 1. The summed E-state index contributed by atoms with van der Waals surface area (Å²) >= 11 is 1.43. The minimum atomic E-state index is -0.410. The van der Waals surface area contributed by atoms with E-state index in [9.17, 15) is 9.59 Å². The zero-order chi connectivity index (χ0) is 21.8. The number of amides is 1. The third kappa shape index (κ3) is 4.46. The Balaban J connectivity index is 1.47. The molecular weight excluding hydrogens is 416 g/mol. The lowest BCUT2D eigenvalue weighted by molar-refractivity contribution is -0.111. The second-order valence-electron chi connectivity index (χ2n) is 6.42. The van der Waals surface area contributed by atoms with Crippen molar-refractivity contribution >= 4 is 40.2 Å². The molecule has 0 bridgehead atoms. The van der Waals surface area contributed by atoms with Gasteiger partial charge in [-0.25, -0.2) is 9.31 Å². The number of fused-ring (bicyclic) bond motifs is 1. The molecule has 31 heavy (non-hydrogen) atoms. The summed E-state index contributed by atoms with van der Waals surface area (Å²) in [6, 6.07) is 14.4. The molecule has 0 radical (unpaired) electrons. The summed E-state index contributed by atoms with van der Waals surface area (Å²) in [6.07, 6.45) is 3.02. The van der Waals surface area contributed by atoms with Crippen LogP contribution in [0.25, 0.3) is 22.3 Å². The van der Waals surface area contributed by atoms with Crippen LogP contribution in [0.1, 0.15) is 15.9 Å². The van der Waals surface area contributed by atoms with Gasteiger partial charge < -0.3 is 9.47 Å². The monoisotopic (exact) mass is 434 g/mol. The molecule has 8 nitrogen and oxygen atoms in total. The molecule has 156 valence electrons. The first-order chi connectivity index (χ1) is 15.1. The molecule has 0 aliphatic carbocycles. The first kappa shape index (κ1) is 20.3. The highest BCUT2D eigenvalue weighted by Gasteiger charge is 2.13. The van der Waals surface area contributed by atoms with E-state index in [0.29, 0.717) is 10.5 Å². The molecule has 9 heteroatoms. The summed E-state index contributed by atoms with van der Waals surface area (Å²) in [6.45, 7) is 0. The van der Waals surface area contributed by atoms with Crippen molar-refractivity contribution < 1.29 is 19.1 Å². The van der Waals surface area contributed by atoms with E-state index < -0.39 is 5.97 Å². The SMILES string of the molecule is COC(=O)c1ccc(/C=C/C(=O)Nc2nc3scc(-c4cccc(OC)c4)n3n2)cc1. The second-order valence-corrected chi connectivity index (χ2v) is 7.26. The van der Waals surface area contributed by atoms with Crippen LogP contribution in [0.3, 0.4) is 0 Å². The molecule has 0 unspecified atom stereocenters. The van der Waals surface area contributed by atoms with Gasteiger partial charge in [0.25, 0.3) is 11.9 Å². The van der Waals surface area contributed by atoms with Crippen LogP contribution in [0, 0.1) is 0 Å². The van der Waals surface area contributed by atoms with Gasteiger partial charge in [0.1, 0.15) is 5.75 Å². The number of carbonyl (C=O) groups excluding carboxylic acids is 2. The Kier molecular flexibility index (Phi) is 5.76. The van der Waals surface area contributed by atoms with Gasteiger partial charge in [0, 0.05) is 17.0 Å². The first-order valence-corrected chi connectivity index (χ1v) is 10.1. The van der Waals surface area contributed by atoms with Gasteiger partial charge in [-0.2, -0.15) is 4.98 Å². The van der Waals surface area contributed by atoms with Gasteiger partial charge in [-0.15, -0.1) is 16.4 Å². The summed E-state index contributed by atoms with van der Waals surface area (Å²) in [5.41, 5.74) is 3.00. The zero-order valence-corrected chi connectivity index (χ0v) is 17.6. The Morgan fingerprint density at radius 2 is 1.94 bits per heavy atom. The molecular formula is C22H18N4O4S. The van der Waals surface area contributed by atoms with Gasteiger partial charge in [-0.3, -0.25) is 10.1 Å². The number of carbonyl (C=O) groups is 2. The predicted octanol–water partition coefficient (Wildman–Crippen LogP) is 3.90. The molecule has 2 aromatic carbocycles. The number of ether oxygens (including phenoxy) is 2. The van der Waals surface area contributed by atoms with Crippen LogP contribution in [0.5, 0.6) is 5.75 Å². The quantitative estimate of drug-likeness (QED) is 0.365. The number of aromatic nitrogens is 3. The summed E-state index contributed by atoms with van der Waals surface area (Å²) in [5.74, 6) is 0.188. The fraction of sp³-hybridized carbons (Fsp3) is 0.0909. The van der Waals surface area contributed by atoms with E-state index in [1.54, 1.807) is 42.0 Å². The van der Waals surface area contributed by atoms with Crippen LogP contribution < -0.4 is 10.1 Å². The van der Waals surface area contributed by atoms with Crippen LogP contribution in [0.2, 0.25) is 0 Å². The van der Waals surface area contributed by atoms with Crippen LogP contribution in [0.4, 0.5) is 5.95 Å². The molecule has 1 N–H and O–H groups in total. The second kappa shape index (κ2) is 8.80. The van der Waals surface area contributed by atoms with Crippen LogP contribution in [-0.2, 0) is 9.53 Å². The highest BCUT2D eigenvalue weighted by Crippen LogP contribution is 2.28. The minimum Gasteiger partial charge on any atom is -0.497 e. The third-order valence-corrected chi connectivity index (χ3v) is 5.26. The molecule has 4 aromatic rings. The number of anilines is 1. The van der Waals surface area contributed by atoms with Gasteiger partial charge in [-0.05, 0) is 35.9 Å². The normalized spacial score (nSPS) is 11.0. The number of benzene rings is 2. The lowest BCUT2D eigenvalue weighted by Crippen LogP contribution is -2.09. The van der Waals surface area contributed by atoms with E-state index in [1.807, 2.05) is 29.6 Å². The maximum absolute atomic E-state index is 12.3. The van der Waals surface area contributed by atoms with E-state index >= 15 is 0 Å². The standard InChI is InChI=1S/C22H18N4O4S/c1-29-17-5-3-4-16(12-17)18-13-31-22-24-21(25-26(18)22)23-19(27)11-8-14-6-9-15(10-7-14)20(28)30-2/h3-13H,1-2H3,(H,23,25,27)/b11-8+. The van der Waals surface area contributed by atoms with Crippen molar-refractivity contribution in [1.29, 1.82) is 0 Å². The number of esters is 1.